The lowest BCUT2D eigenvalue weighted by Crippen LogP contribution is -2.22. The van der Waals surface area contributed by atoms with Crippen molar-refractivity contribution in [2.24, 2.45) is 5.73 Å². The van der Waals surface area contributed by atoms with Crippen molar-refractivity contribution in [3.8, 4) is 6.07 Å². The number of nitrogens with zero attached hydrogens (tertiary/aromatic N) is 2. The Morgan fingerprint density at radius 2 is 1.89 bits per heavy atom. The number of rotatable bonds is 9. The van der Waals surface area contributed by atoms with Crippen LogP contribution in [0.15, 0.2) is 76.2 Å². The highest BCUT2D eigenvalue weighted by atomic mass is 32.2. The Hall–Kier alpha value is -3.08. The Labute approximate surface area is 162 Å². The number of benzene rings is 2. The van der Waals surface area contributed by atoms with Crippen LogP contribution in [0.3, 0.4) is 0 Å². The van der Waals surface area contributed by atoms with Gasteiger partial charge in [-0.1, -0.05) is 42.1 Å². The fourth-order valence-electron chi connectivity index (χ4n) is 2.19. The number of amides is 2. The van der Waals surface area contributed by atoms with Crippen molar-refractivity contribution in [3.63, 3.8) is 0 Å². The Morgan fingerprint density at radius 1 is 1.19 bits per heavy atom. The van der Waals surface area contributed by atoms with Gasteiger partial charge >= 0.3 is 0 Å². The summed E-state index contributed by atoms with van der Waals surface area (Å²) in [7, 11) is 0. The summed E-state index contributed by atoms with van der Waals surface area (Å²) in [5.41, 5.74) is 5.87. The Kier molecular flexibility index (Phi) is 8.10. The van der Waals surface area contributed by atoms with Crippen LogP contribution in [0.4, 0.5) is 5.69 Å². The molecule has 0 aliphatic heterocycles. The van der Waals surface area contributed by atoms with Gasteiger partial charge in [-0.2, -0.15) is 5.26 Å². The summed E-state index contributed by atoms with van der Waals surface area (Å²) in [6.07, 6.45) is 2.39. The molecule has 0 radical (unpaired) electrons. The SMILES string of the molecule is N#C/C(=C/N(C=O)CCCN)C(=O)Nc1ccccc1Sc1ccccc1. The first kappa shape index (κ1) is 20.2. The quantitative estimate of drug-likeness (QED) is 0.396. The lowest BCUT2D eigenvalue weighted by Gasteiger charge is -2.13. The van der Waals surface area contributed by atoms with E-state index in [-0.39, 0.29) is 5.57 Å². The highest BCUT2D eigenvalue weighted by molar-refractivity contribution is 7.99. The van der Waals surface area contributed by atoms with Gasteiger partial charge in [0.2, 0.25) is 6.41 Å². The van der Waals surface area contributed by atoms with Crippen molar-refractivity contribution in [1.29, 1.82) is 5.26 Å². The molecule has 6 nitrogen and oxygen atoms in total. The molecule has 2 aromatic carbocycles. The molecule has 7 heteroatoms. The zero-order chi connectivity index (χ0) is 19.5. The standard InChI is InChI=1S/C20H20N4O2S/c21-11-6-12-24(15-25)14-16(13-22)20(26)23-18-9-4-5-10-19(18)27-17-7-2-1-3-8-17/h1-5,7-10,14-15H,6,11-12,21H2,(H,23,26)/b16-14-. The molecule has 0 saturated heterocycles. The van der Waals surface area contributed by atoms with E-state index in [2.05, 4.69) is 5.32 Å². The number of anilines is 1. The molecular weight excluding hydrogens is 360 g/mol. The summed E-state index contributed by atoms with van der Waals surface area (Å²) < 4.78 is 0. The molecule has 0 aliphatic carbocycles. The molecule has 0 spiro atoms. The maximum Gasteiger partial charge on any atom is 0.267 e. The van der Waals surface area contributed by atoms with E-state index in [0.29, 0.717) is 31.6 Å². The lowest BCUT2D eigenvalue weighted by atomic mass is 10.2. The lowest BCUT2D eigenvalue weighted by molar-refractivity contribution is -0.116. The van der Waals surface area contributed by atoms with E-state index in [1.807, 2.05) is 48.5 Å². The third kappa shape index (κ3) is 6.29. The predicted octanol–water partition coefficient (Wildman–Crippen LogP) is 2.99. The molecule has 0 saturated carbocycles. The number of carbonyl (C=O) groups is 2. The Bertz CT molecular complexity index is 847. The number of hydrogen-bond donors (Lipinski definition) is 2. The van der Waals surface area contributed by atoms with Gasteiger partial charge in [-0.05, 0) is 37.2 Å². The van der Waals surface area contributed by atoms with Gasteiger partial charge in [0.15, 0.2) is 0 Å². The molecule has 0 aromatic heterocycles. The van der Waals surface area contributed by atoms with Crippen LogP contribution in [0.1, 0.15) is 6.42 Å². The second-order valence-corrected chi connectivity index (χ2v) is 6.62. The van der Waals surface area contributed by atoms with Crippen molar-refractivity contribution in [3.05, 3.63) is 66.4 Å². The third-order valence-electron chi connectivity index (χ3n) is 3.52. The number of nitrogens with one attached hydrogen (secondary N) is 1. The van der Waals surface area contributed by atoms with E-state index >= 15 is 0 Å². The molecule has 2 rings (SSSR count). The number of hydrogen-bond acceptors (Lipinski definition) is 5. The van der Waals surface area contributed by atoms with Crippen LogP contribution in [-0.2, 0) is 9.59 Å². The maximum absolute atomic E-state index is 12.5. The first-order valence-corrected chi connectivity index (χ1v) is 9.16. The summed E-state index contributed by atoms with van der Waals surface area (Å²) in [4.78, 5) is 26.7. The van der Waals surface area contributed by atoms with Crippen molar-refractivity contribution >= 4 is 29.8 Å². The van der Waals surface area contributed by atoms with Gasteiger partial charge in [-0.3, -0.25) is 9.59 Å². The van der Waals surface area contributed by atoms with E-state index in [1.54, 1.807) is 12.1 Å². The van der Waals surface area contributed by atoms with E-state index in [9.17, 15) is 14.9 Å². The van der Waals surface area contributed by atoms with Crippen molar-refractivity contribution in [2.75, 3.05) is 18.4 Å². The third-order valence-corrected chi connectivity index (χ3v) is 4.61. The Balaban J connectivity index is 2.16. The first-order valence-electron chi connectivity index (χ1n) is 8.34. The molecule has 0 aliphatic rings. The van der Waals surface area contributed by atoms with Gasteiger partial charge in [0.1, 0.15) is 11.6 Å². The Morgan fingerprint density at radius 3 is 2.56 bits per heavy atom. The van der Waals surface area contributed by atoms with Crippen molar-refractivity contribution < 1.29 is 9.59 Å². The summed E-state index contributed by atoms with van der Waals surface area (Å²) in [6.45, 7) is 0.759. The first-order chi connectivity index (χ1) is 13.2. The monoisotopic (exact) mass is 380 g/mol. The van der Waals surface area contributed by atoms with Gasteiger partial charge in [0, 0.05) is 22.5 Å². The van der Waals surface area contributed by atoms with Gasteiger partial charge in [0.25, 0.3) is 5.91 Å². The second-order valence-electron chi connectivity index (χ2n) is 5.51. The normalized spacial score (nSPS) is 10.7. The molecule has 2 amide bonds. The van der Waals surface area contributed by atoms with Crippen molar-refractivity contribution in [1.82, 2.24) is 4.90 Å². The minimum absolute atomic E-state index is 0.154. The van der Waals surface area contributed by atoms with Gasteiger partial charge in [-0.25, -0.2) is 0 Å². The minimum atomic E-state index is -0.571. The van der Waals surface area contributed by atoms with Crippen LogP contribution in [0.5, 0.6) is 0 Å². The fraction of sp³-hybridized carbons (Fsp3) is 0.150. The summed E-state index contributed by atoms with van der Waals surface area (Å²) in [5.74, 6) is -0.571. The molecule has 0 atom stereocenters. The molecular formula is C20H20N4O2S. The fourth-order valence-corrected chi connectivity index (χ4v) is 3.11. The van der Waals surface area contributed by atoms with E-state index < -0.39 is 5.91 Å². The molecule has 3 N–H and O–H groups in total. The summed E-state index contributed by atoms with van der Waals surface area (Å²) >= 11 is 1.51. The molecule has 2 aromatic rings. The highest BCUT2D eigenvalue weighted by Crippen LogP contribution is 2.33. The molecule has 27 heavy (non-hydrogen) atoms. The molecule has 0 fully saturated rings. The van der Waals surface area contributed by atoms with Crippen LogP contribution in [0, 0.1) is 11.3 Å². The highest BCUT2D eigenvalue weighted by Gasteiger charge is 2.14. The van der Waals surface area contributed by atoms with Crippen LogP contribution < -0.4 is 11.1 Å². The predicted molar refractivity (Wildman–Crippen MR) is 106 cm³/mol. The van der Waals surface area contributed by atoms with Crippen LogP contribution >= 0.6 is 11.8 Å². The zero-order valence-corrected chi connectivity index (χ0v) is 15.5. The molecule has 0 bridgehead atoms. The van der Waals surface area contributed by atoms with Gasteiger partial charge in [0.05, 0.1) is 5.69 Å². The summed E-state index contributed by atoms with van der Waals surface area (Å²) in [6, 6.07) is 19.0. The zero-order valence-electron chi connectivity index (χ0n) is 14.7. The van der Waals surface area contributed by atoms with Crippen molar-refractivity contribution in [2.45, 2.75) is 16.2 Å². The number of nitriles is 1. The maximum atomic E-state index is 12.5. The average molecular weight is 380 g/mol. The minimum Gasteiger partial charge on any atom is -0.330 e. The molecule has 0 unspecified atom stereocenters. The number of nitrogens with two attached hydrogens (primary N) is 1. The van der Waals surface area contributed by atoms with Gasteiger partial charge < -0.3 is 16.0 Å². The summed E-state index contributed by atoms with van der Waals surface area (Å²) in [5, 5.41) is 12.0. The number of carbonyl (C=O) groups excluding carboxylic acids is 2. The van der Waals surface area contributed by atoms with E-state index in [4.69, 9.17) is 5.73 Å². The second kappa shape index (κ2) is 10.8. The molecule has 0 heterocycles. The van der Waals surface area contributed by atoms with Gasteiger partial charge in [-0.15, -0.1) is 0 Å². The van der Waals surface area contributed by atoms with Crippen LogP contribution in [0.25, 0.3) is 0 Å². The van der Waals surface area contributed by atoms with Crippen LogP contribution in [0.2, 0.25) is 0 Å². The smallest absolute Gasteiger partial charge is 0.267 e. The average Bonchev–Trinajstić information content (AvgIpc) is 2.70. The largest absolute Gasteiger partial charge is 0.330 e. The van der Waals surface area contributed by atoms with Crippen LogP contribution in [-0.4, -0.2) is 30.3 Å². The molecule has 138 valence electrons. The topological polar surface area (TPSA) is 99.2 Å². The number of para-hydroxylation sites is 1. The van der Waals surface area contributed by atoms with E-state index in [1.165, 1.54) is 22.9 Å². The van der Waals surface area contributed by atoms with E-state index in [0.717, 1.165) is 9.79 Å².